The van der Waals surface area contributed by atoms with E-state index in [4.69, 9.17) is 9.47 Å². The van der Waals surface area contributed by atoms with Gasteiger partial charge in [-0.2, -0.15) is 5.10 Å². The number of benzene rings is 2. The van der Waals surface area contributed by atoms with Crippen LogP contribution in [-0.2, 0) is 10.2 Å². The quantitative estimate of drug-likeness (QED) is 0.598. The van der Waals surface area contributed by atoms with E-state index in [1.807, 2.05) is 24.3 Å². The second-order valence-electron chi connectivity index (χ2n) is 8.55. The Hall–Kier alpha value is -3.08. The van der Waals surface area contributed by atoms with Crippen molar-refractivity contribution in [3.05, 3.63) is 65.2 Å². The number of nitrogens with one attached hydrogen (secondary N) is 1. The summed E-state index contributed by atoms with van der Waals surface area (Å²) < 4.78 is 10.6. The molecule has 0 bridgehead atoms. The van der Waals surface area contributed by atoms with E-state index in [0.717, 1.165) is 23.5 Å². The third kappa shape index (κ3) is 4.50. The summed E-state index contributed by atoms with van der Waals surface area (Å²) in [5.41, 5.74) is 6.30. The molecule has 1 heterocycles. The third-order valence-electron chi connectivity index (χ3n) is 5.35. The van der Waals surface area contributed by atoms with Crippen molar-refractivity contribution in [3.8, 4) is 11.5 Å². The van der Waals surface area contributed by atoms with Crippen LogP contribution >= 0.6 is 0 Å². The minimum Gasteiger partial charge on any atom is -0.454 e. The van der Waals surface area contributed by atoms with Crippen LogP contribution < -0.4 is 14.9 Å². The average molecular weight is 390 g/mol. The number of hydrazone groups is 1. The second-order valence-corrected chi connectivity index (χ2v) is 8.55. The van der Waals surface area contributed by atoms with Crippen molar-refractivity contribution >= 4 is 18.2 Å². The molecule has 1 saturated carbocycles. The fraction of sp³-hybridized carbons (Fsp3) is 0.333. The highest BCUT2D eigenvalue weighted by molar-refractivity contribution is 5.85. The summed E-state index contributed by atoms with van der Waals surface area (Å²) in [7, 11) is 0. The van der Waals surface area contributed by atoms with Gasteiger partial charge in [0.15, 0.2) is 11.5 Å². The SMILES string of the molecule is CC(C)(C)c1ccc([C@@H]2C[C@H]2C(=O)N/N=C/C=C/c2ccc3c(c2)OCO3)cc1. The predicted octanol–water partition coefficient (Wildman–Crippen LogP) is 4.63. The van der Waals surface area contributed by atoms with Crippen LogP contribution in [0.5, 0.6) is 11.5 Å². The summed E-state index contributed by atoms with van der Waals surface area (Å²) in [6.45, 7) is 6.87. The van der Waals surface area contributed by atoms with Gasteiger partial charge in [0.05, 0.1) is 0 Å². The summed E-state index contributed by atoms with van der Waals surface area (Å²) in [4.78, 5) is 12.3. The normalized spacial score (nSPS) is 20.4. The van der Waals surface area contributed by atoms with Crippen LogP contribution in [0, 0.1) is 5.92 Å². The molecule has 0 saturated heterocycles. The first-order valence-corrected chi connectivity index (χ1v) is 9.91. The topological polar surface area (TPSA) is 59.9 Å². The molecule has 5 heteroatoms. The van der Waals surface area contributed by atoms with Crippen molar-refractivity contribution in [1.29, 1.82) is 0 Å². The molecule has 1 aliphatic carbocycles. The standard InChI is InChI=1S/C24H26N2O3/c1-24(2,3)18-9-7-17(8-10-18)19-14-20(19)23(27)26-25-12-4-5-16-6-11-21-22(13-16)29-15-28-21/h4-13,19-20H,14-15H2,1-3H3,(H,26,27)/b5-4+,25-12+/t19-,20+/m0/s1. The molecule has 29 heavy (non-hydrogen) atoms. The van der Waals surface area contributed by atoms with Crippen molar-refractivity contribution in [2.75, 3.05) is 6.79 Å². The Balaban J connectivity index is 1.26. The number of allylic oxidation sites excluding steroid dienone is 1. The van der Waals surface area contributed by atoms with E-state index in [0.29, 0.717) is 5.92 Å². The molecule has 1 aliphatic heterocycles. The van der Waals surface area contributed by atoms with Gasteiger partial charge in [0.2, 0.25) is 12.7 Å². The van der Waals surface area contributed by atoms with Gasteiger partial charge in [-0.3, -0.25) is 4.79 Å². The second kappa shape index (κ2) is 7.74. The fourth-order valence-electron chi connectivity index (χ4n) is 3.48. The van der Waals surface area contributed by atoms with E-state index in [1.165, 1.54) is 11.1 Å². The molecular weight excluding hydrogens is 364 g/mol. The Bertz CT molecular complexity index is 955. The molecule has 4 rings (SSSR count). The molecule has 2 aromatic carbocycles. The fourth-order valence-corrected chi connectivity index (χ4v) is 3.48. The number of nitrogens with zero attached hydrogens (tertiary/aromatic N) is 1. The van der Waals surface area contributed by atoms with Crippen LogP contribution in [0.15, 0.2) is 53.6 Å². The van der Waals surface area contributed by atoms with Crippen molar-refractivity contribution < 1.29 is 14.3 Å². The van der Waals surface area contributed by atoms with Crippen LogP contribution in [0.3, 0.4) is 0 Å². The van der Waals surface area contributed by atoms with E-state index in [1.54, 1.807) is 12.3 Å². The van der Waals surface area contributed by atoms with Crippen molar-refractivity contribution in [2.24, 2.45) is 11.0 Å². The first-order chi connectivity index (χ1) is 13.9. The Morgan fingerprint density at radius 3 is 2.62 bits per heavy atom. The molecule has 2 aliphatic rings. The number of rotatable bonds is 5. The largest absolute Gasteiger partial charge is 0.454 e. The van der Waals surface area contributed by atoms with Gasteiger partial charge in [0, 0.05) is 12.1 Å². The van der Waals surface area contributed by atoms with Crippen LogP contribution in [0.1, 0.15) is 49.8 Å². The zero-order chi connectivity index (χ0) is 20.4. The molecule has 1 N–H and O–H groups in total. The number of hydrogen-bond acceptors (Lipinski definition) is 4. The highest BCUT2D eigenvalue weighted by Gasteiger charge is 2.43. The monoisotopic (exact) mass is 390 g/mol. The van der Waals surface area contributed by atoms with Gasteiger partial charge in [-0.25, -0.2) is 5.43 Å². The zero-order valence-corrected chi connectivity index (χ0v) is 17.0. The molecule has 0 radical (unpaired) electrons. The first-order valence-electron chi connectivity index (χ1n) is 9.91. The lowest BCUT2D eigenvalue weighted by molar-refractivity contribution is -0.122. The van der Waals surface area contributed by atoms with Gasteiger partial charge < -0.3 is 9.47 Å². The lowest BCUT2D eigenvalue weighted by atomic mass is 9.86. The molecule has 2 atom stereocenters. The minimum atomic E-state index is -0.0253. The van der Waals surface area contributed by atoms with Crippen molar-refractivity contribution in [2.45, 2.75) is 38.5 Å². The van der Waals surface area contributed by atoms with E-state index >= 15 is 0 Å². The lowest BCUT2D eigenvalue weighted by Crippen LogP contribution is -2.19. The van der Waals surface area contributed by atoms with Crippen LogP contribution in [0.4, 0.5) is 0 Å². The van der Waals surface area contributed by atoms with Crippen LogP contribution in [-0.4, -0.2) is 18.9 Å². The van der Waals surface area contributed by atoms with Gasteiger partial charge in [0.1, 0.15) is 0 Å². The maximum atomic E-state index is 12.3. The van der Waals surface area contributed by atoms with Gasteiger partial charge in [-0.1, -0.05) is 57.2 Å². The van der Waals surface area contributed by atoms with Crippen molar-refractivity contribution in [1.82, 2.24) is 5.43 Å². The van der Waals surface area contributed by atoms with Gasteiger partial charge in [-0.15, -0.1) is 0 Å². The number of carbonyl (C=O) groups excluding carboxylic acids is 1. The molecule has 2 aromatic rings. The molecule has 5 nitrogen and oxygen atoms in total. The number of hydrogen-bond donors (Lipinski definition) is 1. The smallest absolute Gasteiger partial charge is 0.243 e. The first kappa shape index (κ1) is 19.2. The number of ether oxygens (including phenoxy) is 2. The number of carbonyl (C=O) groups is 1. The predicted molar refractivity (Wildman–Crippen MR) is 114 cm³/mol. The Morgan fingerprint density at radius 2 is 1.86 bits per heavy atom. The van der Waals surface area contributed by atoms with E-state index in [2.05, 4.69) is 55.6 Å². The van der Waals surface area contributed by atoms with Crippen LogP contribution in [0.25, 0.3) is 6.08 Å². The summed E-state index contributed by atoms with van der Waals surface area (Å²) in [6.07, 6.45) is 6.14. The molecule has 1 fully saturated rings. The maximum Gasteiger partial charge on any atom is 0.243 e. The van der Waals surface area contributed by atoms with E-state index in [-0.39, 0.29) is 24.0 Å². The van der Waals surface area contributed by atoms with Crippen LogP contribution in [0.2, 0.25) is 0 Å². The average Bonchev–Trinajstić information content (AvgIpc) is 3.37. The Morgan fingerprint density at radius 1 is 1.10 bits per heavy atom. The molecule has 0 unspecified atom stereocenters. The summed E-state index contributed by atoms with van der Waals surface area (Å²) >= 11 is 0. The third-order valence-corrected chi connectivity index (χ3v) is 5.35. The number of amides is 1. The van der Waals surface area contributed by atoms with Gasteiger partial charge >= 0.3 is 0 Å². The molecular formula is C24H26N2O3. The van der Waals surface area contributed by atoms with Gasteiger partial charge in [-0.05, 0) is 52.7 Å². The lowest BCUT2D eigenvalue weighted by Gasteiger charge is -2.19. The zero-order valence-electron chi connectivity index (χ0n) is 17.0. The minimum absolute atomic E-state index is 0.00507. The highest BCUT2D eigenvalue weighted by Crippen LogP contribution is 2.47. The molecule has 0 aromatic heterocycles. The number of fused-ring (bicyclic) bond motifs is 1. The van der Waals surface area contributed by atoms with Crippen molar-refractivity contribution in [3.63, 3.8) is 0 Å². The molecule has 1 amide bonds. The summed E-state index contributed by atoms with van der Waals surface area (Å²) in [5, 5.41) is 4.03. The van der Waals surface area contributed by atoms with E-state index in [9.17, 15) is 4.79 Å². The highest BCUT2D eigenvalue weighted by atomic mass is 16.7. The summed E-state index contributed by atoms with van der Waals surface area (Å²) in [5.74, 6) is 1.78. The maximum absolute atomic E-state index is 12.3. The Kier molecular flexibility index (Phi) is 5.14. The summed E-state index contributed by atoms with van der Waals surface area (Å²) in [6, 6.07) is 14.4. The molecule has 150 valence electrons. The van der Waals surface area contributed by atoms with E-state index < -0.39 is 0 Å². The van der Waals surface area contributed by atoms with Gasteiger partial charge in [0.25, 0.3) is 0 Å². The molecule has 0 spiro atoms. The Labute approximate surface area is 171 Å².